The number of para-hydroxylation sites is 1. The standard InChI is InChI=1S/C8H10BN/c1-7(9)10-8-5-3-2-4-6-8/h2-7,10H,1H3. The molecule has 0 bridgehead atoms. The van der Waals surface area contributed by atoms with Crippen molar-refractivity contribution in [2.24, 2.45) is 0 Å². The normalized spacial score (nSPS) is 12.5. The first kappa shape index (κ1) is 7.20. The zero-order valence-corrected chi connectivity index (χ0v) is 6.04. The third-order valence-electron chi connectivity index (χ3n) is 1.17. The van der Waals surface area contributed by atoms with Gasteiger partial charge in [0.25, 0.3) is 0 Å². The van der Waals surface area contributed by atoms with Crippen LogP contribution in [0.15, 0.2) is 30.3 Å². The van der Waals surface area contributed by atoms with Gasteiger partial charge in [0.05, 0.1) is 7.85 Å². The molecule has 1 atom stereocenters. The fourth-order valence-corrected chi connectivity index (χ4v) is 0.797. The van der Waals surface area contributed by atoms with Crippen molar-refractivity contribution in [3.05, 3.63) is 30.3 Å². The van der Waals surface area contributed by atoms with Gasteiger partial charge in [-0.1, -0.05) is 25.1 Å². The maximum absolute atomic E-state index is 5.51. The van der Waals surface area contributed by atoms with Crippen LogP contribution in [-0.4, -0.2) is 13.8 Å². The van der Waals surface area contributed by atoms with Gasteiger partial charge in [-0.25, -0.2) is 0 Å². The molecule has 1 nitrogen and oxygen atoms in total. The highest BCUT2D eigenvalue weighted by atomic mass is 14.9. The van der Waals surface area contributed by atoms with Crippen LogP contribution in [0, 0.1) is 0 Å². The van der Waals surface area contributed by atoms with Crippen LogP contribution in [0.5, 0.6) is 0 Å². The van der Waals surface area contributed by atoms with Crippen LogP contribution in [0.25, 0.3) is 0 Å². The van der Waals surface area contributed by atoms with Crippen molar-refractivity contribution >= 4 is 13.5 Å². The summed E-state index contributed by atoms with van der Waals surface area (Å²) in [5.74, 6) is 0.0161. The molecule has 0 heterocycles. The van der Waals surface area contributed by atoms with E-state index in [1.807, 2.05) is 37.3 Å². The summed E-state index contributed by atoms with van der Waals surface area (Å²) in [6.45, 7) is 1.91. The van der Waals surface area contributed by atoms with Gasteiger partial charge in [0, 0.05) is 5.69 Å². The van der Waals surface area contributed by atoms with E-state index in [2.05, 4.69) is 5.32 Å². The maximum Gasteiger partial charge on any atom is 0.0982 e. The van der Waals surface area contributed by atoms with Crippen molar-refractivity contribution in [3.8, 4) is 0 Å². The fourth-order valence-electron chi connectivity index (χ4n) is 0.797. The summed E-state index contributed by atoms with van der Waals surface area (Å²) in [7, 11) is 5.51. The highest BCUT2D eigenvalue weighted by molar-refractivity contribution is 6.12. The highest BCUT2D eigenvalue weighted by Gasteiger charge is 1.90. The van der Waals surface area contributed by atoms with E-state index < -0.39 is 0 Å². The lowest BCUT2D eigenvalue weighted by Gasteiger charge is -2.08. The summed E-state index contributed by atoms with van der Waals surface area (Å²) in [6, 6.07) is 9.91. The van der Waals surface area contributed by atoms with Gasteiger partial charge in [0.1, 0.15) is 0 Å². The van der Waals surface area contributed by atoms with E-state index in [1.54, 1.807) is 0 Å². The number of hydrogen-bond acceptors (Lipinski definition) is 1. The van der Waals surface area contributed by atoms with E-state index in [1.165, 1.54) is 0 Å². The summed E-state index contributed by atoms with van der Waals surface area (Å²) in [5, 5.41) is 3.08. The molecule has 1 N–H and O–H groups in total. The number of nitrogens with one attached hydrogen (secondary N) is 1. The second-order valence-corrected chi connectivity index (χ2v) is 2.30. The predicted octanol–water partition coefficient (Wildman–Crippen LogP) is 1.61. The zero-order chi connectivity index (χ0) is 7.40. The molecule has 0 spiro atoms. The molecule has 0 aliphatic rings. The summed E-state index contributed by atoms with van der Waals surface area (Å²) in [4.78, 5) is 0. The van der Waals surface area contributed by atoms with E-state index in [0.29, 0.717) is 0 Å². The SMILES string of the molecule is [B]C(C)Nc1ccccc1. The third-order valence-corrected chi connectivity index (χ3v) is 1.17. The van der Waals surface area contributed by atoms with Crippen molar-refractivity contribution in [1.29, 1.82) is 0 Å². The number of rotatable bonds is 2. The Kier molecular flexibility index (Phi) is 2.38. The average Bonchev–Trinajstić information content (AvgIpc) is 1.88. The molecule has 0 aromatic heterocycles. The third kappa shape index (κ3) is 2.13. The van der Waals surface area contributed by atoms with Crippen LogP contribution < -0.4 is 5.32 Å². The molecule has 0 fully saturated rings. The molecule has 0 aliphatic heterocycles. The minimum Gasteiger partial charge on any atom is -0.391 e. The molecule has 0 amide bonds. The van der Waals surface area contributed by atoms with Gasteiger partial charge in [-0.3, -0.25) is 0 Å². The van der Waals surface area contributed by atoms with E-state index in [9.17, 15) is 0 Å². The van der Waals surface area contributed by atoms with Gasteiger partial charge in [-0.15, -0.1) is 0 Å². The second kappa shape index (κ2) is 3.30. The number of anilines is 1. The Morgan fingerprint density at radius 2 is 1.90 bits per heavy atom. The lowest BCUT2D eigenvalue weighted by Crippen LogP contribution is -2.13. The minimum absolute atomic E-state index is 0.0161. The molecule has 1 rings (SSSR count). The molecule has 2 radical (unpaired) electrons. The van der Waals surface area contributed by atoms with E-state index in [0.717, 1.165) is 5.69 Å². The van der Waals surface area contributed by atoms with Crippen molar-refractivity contribution in [1.82, 2.24) is 0 Å². The zero-order valence-electron chi connectivity index (χ0n) is 6.04. The molecular weight excluding hydrogens is 121 g/mol. The Balaban J connectivity index is 2.59. The molecule has 1 unspecified atom stereocenters. The summed E-state index contributed by atoms with van der Waals surface area (Å²) < 4.78 is 0. The Bertz CT molecular complexity index is 184. The maximum atomic E-state index is 5.51. The Labute approximate surface area is 62.9 Å². The molecule has 0 aliphatic carbocycles. The van der Waals surface area contributed by atoms with Crippen LogP contribution in [-0.2, 0) is 0 Å². The molecule has 2 heteroatoms. The van der Waals surface area contributed by atoms with Crippen molar-refractivity contribution < 1.29 is 0 Å². The first-order chi connectivity index (χ1) is 4.79. The first-order valence-corrected chi connectivity index (χ1v) is 3.36. The molecule has 1 aromatic rings. The van der Waals surface area contributed by atoms with Crippen LogP contribution in [0.4, 0.5) is 5.69 Å². The number of hydrogen-bond donors (Lipinski definition) is 1. The van der Waals surface area contributed by atoms with Gasteiger partial charge in [0.15, 0.2) is 0 Å². The molecule has 0 saturated heterocycles. The van der Waals surface area contributed by atoms with E-state index in [4.69, 9.17) is 7.85 Å². The fraction of sp³-hybridized carbons (Fsp3) is 0.250. The summed E-state index contributed by atoms with van der Waals surface area (Å²) in [5.41, 5.74) is 1.07. The van der Waals surface area contributed by atoms with Crippen molar-refractivity contribution in [2.75, 3.05) is 5.32 Å². The Morgan fingerprint density at radius 3 is 2.40 bits per heavy atom. The van der Waals surface area contributed by atoms with E-state index >= 15 is 0 Å². The quantitative estimate of drug-likeness (QED) is 0.601. The van der Waals surface area contributed by atoms with E-state index in [-0.39, 0.29) is 5.94 Å². The van der Waals surface area contributed by atoms with Crippen LogP contribution in [0.1, 0.15) is 6.92 Å². The first-order valence-electron chi connectivity index (χ1n) is 3.36. The average molecular weight is 131 g/mol. The molecule has 0 saturated carbocycles. The van der Waals surface area contributed by atoms with Crippen LogP contribution >= 0.6 is 0 Å². The van der Waals surface area contributed by atoms with Gasteiger partial charge in [-0.05, 0) is 18.1 Å². The second-order valence-electron chi connectivity index (χ2n) is 2.30. The molecule has 1 aromatic carbocycles. The largest absolute Gasteiger partial charge is 0.391 e. The Morgan fingerprint density at radius 1 is 1.30 bits per heavy atom. The molecule has 10 heavy (non-hydrogen) atoms. The molecule has 50 valence electrons. The van der Waals surface area contributed by atoms with Gasteiger partial charge >= 0.3 is 0 Å². The monoisotopic (exact) mass is 131 g/mol. The van der Waals surface area contributed by atoms with Gasteiger partial charge in [-0.2, -0.15) is 0 Å². The lowest BCUT2D eigenvalue weighted by atomic mass is 9.99. The predicted molar refractivity (Wildman–Crippen MR) is 45.3 cm³/mol. The topological polar surface area (TPSA) is 12.0 Å². The minimum atomic E-state index is 0.0161. The number of benzene rings is 1. The van der Waals surface area contributed by atoms with Crippen LogP contribution in [0.2, 0.25) is 0 Å². The van der Waals surface area contributed by atoms with Gasteiger partial charge in [0.2, 0.25) is 0 Å². The summed E-state index contributed by atoms with van der Waals surface area (Å²) in [6.07, 6.45) is 0. The molecular formula is C8H10BN. The van der Waals surface area contributed by atoms with Crippen molar-refractivity contribution in [2.45, 2.75) is 12.9 Å². The lowest BCUT2D eigenvalue weighted by molar-refractivity contribution is 1.11. The Hall–Kier alpha value is -0.915. The van der Waals surface area contributed by atoms with Gasteiger partial charge < -0.3 is 5.32 Å². The smallest absolute Gasteiger partial charge is 0.0982 e. The summed E-state index contributed by atoms with van der Waals surface area (Å²) >= 11 is 0. The highest BCUT2D eigenvalue weighted by Crippen LogP contribution is 2.04. The van der Waals surface area contributed by atoms with Crippen molar-refractivity contribution in [3.63, 3.8) is 0 Å². The van der Waals surface area contributed by atoms with Crippen LogP contribution in [0.3, 0.4) is 0 Å².